The first-order chi connectivity index (χ1) is 17.2. The van der Waals surface area contributed by atoms with Crippen LogP contribution in [0.2, 0.25) is 0 Å². The Balaban J connectivity index is 1.96. The maximum atomic E-state index is 11.7. The molecule has 1 fully saturated rings. The second-order valence-electron chi connectivity index (χ2n) is 8.59. The normalized spacial score (nSPS) is 13.8. The summed E-state index contributed by atoms with van der Waals surface area (Å²) in [7, 11) is 0. The molecule has 12 nitrogen and oxygen atoms in total. The number of nitrogens with one attached hydrogen (secondary N) is 4. The average Bonchev–Trinajstić information content (AvgIpc) is 2.85. The number of hydrogen-bond acceptors (Lipinski definition) is 8. The third kappa shape index (κ3) is 15.0. The quantitative estimate of drug-likeness (QED) is 0.131. The van der Waals surface area contributed by atoms with Crippen LogP contribution < -0.4 is 21.3 Å². The summed E-state index contributed by atoms with van der Waals surface area (Å²) in [4.78, 5) is 50.7. The van der Waals surface area contributed by atoms with Crippen molar-refractivity contribution in [1.29, 1.82) is 0 Å². The first-order valence-corrected chi connectivity index (χ1v) is 12.3. The molecule has 1 aliphatic rings. The van der Waals surface area contributed by atoms with Crippen LogP contribution in [0.4, 0.5) is 9.59 Å². The first kappa shape index (κ1) is 30.9. The Hall–Kier alpha value is -3.12. The Kier molecular flexibility index (Phi) is 15.6. The zero-order valence-corrected chi connectivity index (χ0v) is 21.7. The van der Waals surface area contributed by atoms with Crippen LogP contribution in [0.15, 0.2) is 24.3 Å². The maximum Gasteiger partial charge on any atom is 0.333 e. The van der Waals surface area contributed by atoms with Gasteiger partial charge in [0.05, 0.1) is 13.1 Å². The van der Waals surface area contributed by atoms with E-state index >= 15 is 0 Å². The molecule has 0 aromatic carbocycles. The van der Waals surface area contributed by atoms with Gasteiger partial charge in [-0.25, -0.2) is 19.2 Å². The lowest BCUT2D eigenvalue weighted by Crippen LogP contribution is -2.47. The van der Waals surface area contributed by atoms with Gasteiger partial charge >= 0.3 is 24.0 Å². The van der Waals surface area contributed by atoms with Gasteiger partial charge in [-0.2, -0.15) is 0 Å². The van der Waals surface area contributed by atoms with Crippen molar-refractivity contribution in [1.82, 2.24) is 31.1 Å². The second kappa shape index (κ2) is 18.2. The molecule has 0 aromatic rings. The van der Waals surface area contributed by atoms with Gasteiger partial charge in [-0.05, 0) is 39.8 Å². The monoisotopic (exact) mass is 510 g/mol. The summed E-state index contributed by atoms with van der Waals surface area (Å²) in [5.74, 6) is -0.928. The topological polar surface area (TPSA) is 141 Å². The van der Waals surface area contributed by atoms with Gasteiger partial charge in [-0.3, -0.25) is 0 Å². The smallest absolute Gasteiger partial charge is 0.333 e. The van der Waals surface area contributed by atoms with E-state index < -0.39 is 11.9 Å². The Morgan fingerprint density at radius 3 is 1.31 bits per heavy atom. The fourth-order valence-corrected chi connectivity index (χ4v) is 3.23. The fraction of sp³-hybridized carbons (Fsp3) is 0.667. The number of nitrogens with zero attached hydrogens (tertiary/aromatic N) is 2. The lowest BCUT2D eigenvalue weighted by Gasteiger charge is -2.34. The van der Waals surface area contributed by atoms with Gasteiger partial charge in [-0.1, -0.05) is 13.2 Å². The van der Waals surface area contributed by atoms with E-state index in [0.29, 0.717) is 24.2 Å². The van der Waals surface area contributed by atoms with Crippen LogP contribution in [0.5, 0.6) is 0 Å². The van der Waals surface area contributed by atoms with Gasteiger partial charge in [-0.15, -0.1) is 0 Å². The molecule has 0 unspecified atom stereocenters. The highest BCUT2D eigenvalue weighted by atomic mass is 16.5. The SMILES string of the molecule is C=C(C)C(=O)OCCNC(=O)NCCCN1CCN(CCCNC(=O)NCCOC(=O)C(=C)C)CC1. The minimum absolute atomic E-state index is 0.113. The Labute approximate surface area is 213 Å². The van der Waals surface area contributed by atoms with Crippen LogP contribution in [0.1, 0.15) is 26.7 Å². The van der Waals surface area contributed by atoms with Crippen LogP contribution >= 0.6 is 0 Å². The number of piperazine rings is 1. The van der Waals surface area contributed by atoms with E-state index in [1.54, 1.807) is 13.8 Å². The minimum Gasteiger partial charge on any atom is -0.460 e. The Bertz CT molecular complexity index is 689. The molecular formula is C24H42N6O6. The van der Waals surface area contributed by atoms with Gasteiger partial charge < -0.3 is 40.5 Å². The molecule has 0 spiro atoms. The average molecular weight is 511 g/mol. The number of ether oxygens (including phenoxy) is 2. The summed E-state index contributed by atoms with van der Waals surface area (Å²) in [5, 5.41) is 10.9. The van der Waals surface area contributed by atoms with Crippen molar-refractivity contribution >= 4 is 24.0 Å². The molecule has 204 valence electrons. The molecule has 0 radical (unpaired) electrons. The van der Waals surface area contributed by atoms with Crippen LogP contribution in [0.25, 0.3) is 0 Å². The van der Waals surface area contributed by atoms with Crippen molar-refractivity contribution in [2.45, 2.75) is 26.7 Å². The molecule has 4 N–H and O–H groups in total. The molecule has 0 atom stereocenters. The number of urea groups is 2. The highest BCUT2D eigenvalue weighted by molar-refractivity contribution is 5.87. The number of carbonyl (C=O) groups is 4. The summed E-state index contributed by atoms with van der Waals surface area (Å²) in [6.45, 7) is 17.7. The largest absolute Gasteiger partial charge is 0.460 e. The zero-order valence-electron chi connectivity index (χ0n) is 21.7. The first-order valence-electron chi connectivity index (χ1n) is 12.3. The summed E-state index contributed by atoms with van der Waals surface area (Å²) in [5.41, 5.74) is 0.658. The van der Waals surface area contributed by atoms with E-state index in [9.17, 15) is 19.2 Å². The summed E-state index contributed by atoms with van der Waals surface area (Å²) in [6.07, 6.45) is 1.70. The summed E-state index contributed by atoms with van der Waals surface area (Å²) >= 11 is 0. The predicted octanol–water partition coefficient (Wildman–Crippen LogP) is 0.221. The molecule has 36 heavy (non-hydrogen) atoms. The lowest BCUT2D eigenvalue weighted by atomic mass is 10.2. The number of carbonyl (C=O) groups excluding carboxylic acids is 4. The van der Waals surface area contributed by atoms with Crippen LogP contribution in [0.3, 0.4) is 0 Å². The standard InChI is InChI=1S/C24H42N6O6/c1-19(2)21(31)35-17-9-27-23(33)25-7-5-11-29-13-15-30(16-14-29)12-6-8-26-24(34)28-10-18-36-22(32)20(3)4/h1,3,5-18H2,2,4H3,(H2,25,27,33)(H2,26,28,34). The second-order valence-corrected chi connectivity index (χ2v) is 8.59. The van der Waals surface area contributed by atoms with Crippen molar-refractivity contribution in [2.24, 2.45) is 0 Å². The van der Waals surface area contributed by atoms with E-state index in [1.807, 2.05) is 0 Å². The van der Waals surface area contributed by atoms with Gasteiger partial charge in [0.25, 0.3) is 0 Å². The lowest BCUT2D eigenvalue weighted by molar-refractivity contribution is -0.139. The van der Waals surface area contributed by atoms with Crippen molar-refractivity contribution in [3.05, 3.63) is 24.3 Å². The van der Waals surface area contributed by atoms with Gasteiger partial charge in [0.1, 0.15) is 13.2 Å². The Morgan fingerprint density at radius 1 is 0.639 bits per heavy atom. The third-order valence-electron chi connectivity index (χ3n) is 5.28. The van der Waals surface area contributed by atoms with E-state index in [1.165, 1.54) is 0 Å². The van der Waals surface area contributed by atoms with E-state index in [2.05, 4.69) is 44.2 Å². The van der Waals surface area contributed by atoms with Crippen molar-refractivity contribution in [3.8, 4) is 0 Å². The Morgan fingerprint density at radius 2 is 0.972 bits per heavy atom. The summed E-state index contributed by atoms with van der Waals surface area (Å²) < 4.78 is 9.82. The van der Waals surface area contributed by atoms with Gasteiger partial charge in [0, 0.05) is 50.4 Å². The van der Waals surface area contributed by atoms with Crippen molar-refractivity contribution in [2.75, 3.05) is 78.7 Å². The third-order valence-corrected chi connectivity index (χ3v) is 5.28. The number of amides is 4. The number of rotatable bonds is 16. The molecule has 0 bridgehead atoms. The van der Waals surface area contributed by atoms with E-state index in [4.69, 9.17) is 9.47 Å². The molecule has 0 saturated carbocycles. The molecule has 1 rings (SSSR count). The maximum absolute atomic E-state index is 11.7. The molecule has 0 aliphatic carbocycles. The van der Waals surface area contributed by atoms with E-state index in [0.717, 1.165) is 52.1 Å². The number of hydrogen-bond donors (Lipinski definition) is 4. The minimum atomic E-state index is -0.464. The highest BCUT2D eigenvalue weighted by Crippen LogP contribution is 2.03. The molecule has 4 amide bonds. The predicted molar refractivity (Wildman–Crippen MR) is 136 cm³/mol. The van der Waals surface area contributed by atoms with Gasteiger partial charge in [0.15, 0.2) is 0 Å². The molecule has 1 saturated heterocycles. The summed E-state index contributed by atoms with van der Waals surface area (Å²) in [6, 6.07) is -0.556. The molecule has 12 heteroatoms. The molecule has 1 aliphatic heterocycles. The van der Waals surface area contributed by atoms with E-state index in [-0.39, 0.29) is 38.4 Å². The van der Waals surface area contributed by atoms with Crippen LogP contribution in [0, 0.1) is 0 Å². The zero-order chi connectivity index (χ0) is 26.8. The molecular weight excluding hydrogens is 468 g/mol. The van der Waals surface area contributed by atoms with Crippen LogP contribution in [-0.2, 0) is 19.1 Å². The van der Waals surface area contributed by atoms with Crippen molar-refractivity contribution in [3.63, 3.8) is 0 Å². The van der Waals surface area contributed by atoms with Gasteiger partial charge in [0.2, 0.25) is 0 Å². The van der Waals surface area contributed by atoms with Crippen molar-refractivity contribution < 1.29 is 28.7 Å². The highest BCUT2D eigenvalue weighted by Gasteiger charge is 2.16. The number of esters is 2. The fourth-order valence-electron chi connectivity index (χ4n) is 3.23. The molecule has 1 heterocycles. The van der Waals surface area contributed by atoms with Crippen LogP contribution in [-0.4, -0.2) is 112 Å². The molecule has 0 aromatic heterocycles.